The van der Waals surface area contributed by atoms with Gasteiger partial charge in [0, 0.05) is 17.2 Å². The number of rotatable bonds is 4. The minimum atomic E-state index is 0.129. The van der Waals surface area contributed by atoms with Gasteiger partial charge in [-0.1, -0.05) is 20.3 Å². The number of hydrogen-bond acceptors (Lipinski definition) is 2. The molecule has 84 valence electrons. The average molecular weight is 208 g/mol. The summed E-state index contributed by atoms with van der Waals surface area (Å²) in [7, 11) is 0. The van der Waals surface area contributed by atoms with Crippen LogP contribution in [0.1, 0.15) is 56.0 Å². The summed E-state index contributed by atoms with van der Waals surface area (Å²) in [6.07, 6.45) is 4.76. The normalized spacial score (nSPS) is 17.1. The molecular weight excluding hydrogens is 188 g/mol. The molecule has 0 saturated heterocycles. The van der Waals surface area contributed by atoms with Crippen molar-refractivity contribution in [2.75, 3.05) is 0 Å². The lowest BCUT2D eigenvalue weighted by Crippen LogP contribution is -2.11. The molecule has 1 aromatic heterocycles. The minimum absolute atomic E-state index is 0.129. The van der Waals surface area contributed by atoms with E-state index in [9.17, 15) is 5.11 Å². The smallest absolute Gasteiger partial charge is 0.0718 e. The third kappa shape index (κ3) is 2.07. The molecule has 1 aliphatic rings. The fourth-order valence-corrected chi connectivity index (χ4v) is 2.19. The molecule has 0 aliphatic heterocycles. The molecule has 2 rings (SSSR count). The standard InChI is InChI=1S/C12H20N2O/c1-8(2)6-11-10(7-15)12(14-13-11)9-4-3-5-9/h8-9,15H,3-7H2,1-2H3,(H,13,14). The number of nitrogens with zero attached hydrogens (tertiary/aromatic N) is 1. The van der Waals surface area contributed by atoms with E-state index < -0.39 is 0 Å². The van der Waals surface area contributed by atoms with Crippen LogP contribution in [-0.2, 0) is 13.0 Å². The van der Waals surface area contributed by atoms with Crippen LogP contribution in [0.4, 0.5) is 0 Å². The zero-order valence-corrected chi connectivity index (χ0v) is 9.58. The fraction of sp³-hybridized carbons (Fsp3) is 0.750. The van der Waals surface area contributed by atoms with E-state index in [1.54, 1.807) is 0 Å². The molecule has 1 fully saturated rings. The predicted octanol–water partition coefficient (Wildman–Crippen LogP) is 2.37. The Hall–Kier alpha value is -0.830. The van der Waals surface area contributed by atoms with Crippen molar-refractivity contribution in [1.29, 1.82) is 0 Å². The van der Waals surface area contributed by atoms with E-state index in [0.717, 1.165) is 23.4 Å². The fourth-order valence-electron chi connectivity index (χ4n) is 2.19. The van der Waals surface area contributed by atoms with Crippen LogP contribution in [0.3, 0.4) is 0 Å². The SMILES string of the molecule is CC(C)Cc1[nH]nc(C2CCC2)c1CO. The van der Waals surface area contributed by atoms with E-state index in [-0.39, 0.29) is 6.61 Å². The van der Waals surface area contributed by atoms with Gasteiger partial charge in [-0.2, -0.15) is 5.10 Å². The van der Waals surface area contributed by atoms with Crippen molar-refractivity contribution >= 4 is 0 Å². The molecular formula is C12H20N2O. The monoisotopic (exact) mass is 208 g/mol. The largest absolute Gasteiger partial charge is 0.392 e. The highest BCUT2D eigenvalue weighted by molar-refractivity contribution is 5.29. The molecule has 1 saturated carbocycles. The first-order chi connectivity index (χ1) is 7.22. The first-order valence-corrected chi connectivity index (χ1v) is 5.89. The molecule has 0 unspecified atom stereocenters. The van der Waals surface area contributed by atoms with Crippen LogP contribution in [-0.4, -0.2) is 15.3 Å². The van der Waals surface area contributed by atoms with Gasteiger partial charge in [0.25, 0.3) is 0 Å². The summed E-state index contributed by atoms with van der Waals surface area (Å²) in [5.74, 6) is 1.20. The number of aliphatic hydroxyl groups excluding tert-OH is 1. The van der Waals surface area contributed by atoms with E-state index in [1.165, 1.54) is 19.3 Å². The summed E-state index contributed by atoms with van der Waals surface area (Å²) in [5.41, 5.74) is 3.32. The van der Waals surface area contributed by atoms with Gasteiger partial charge < -0.3 is 5.11 Å². The van der Waals surface area contributed by atoms with Crippen molar-refractivity contribution in [3.63, 3.8) is 0 Å². The number of nitrogens with one attached hydrogen (secondary N) is 1. The molecule has 1 aliphatic carbocycles. The Bertz CT molecular complexity index is 326. The number of H-pyrrole nitrogens is 1. The van der Waals surface area contributed by atoms with E-state index in [4.69, 9.17) is 0 Å². The molecule has 0 spiro atoms. The second-order valence-corrected chi connectivity index (χ2v) is 4.95. The van der Waals surface area contributed by atoms with E-state index in [0.29, 0.717) is 11.8 Å². The van der Waals surface area contributed by atoms with E-state index in [1.807, 2.05) is 0 Å². The third-order valence-corrected chi connectivity index (χ3v) is 3.25. The van der Waals surface area contributed by atoms with Crippen LogP contribution in [0.5, 0.6) is 0 Å². The number of aromatic amines is 1. The topological polar surface area (TPSA) is 48.9 Å². The van der Waals surface area contributed by atoms with Gasteiger partial charge in [-0.15, -0.1) is 0 Å². The van der Waals surface area contributed by atoms with Gasteiger partial charge in [0.1, 0.15) is 0 Å². The Morgan fingerprint density at radius 3 is 2.67 bits per heavy atom. The zero-order chi connectivity index (χ0) is 10.8. The Kier molecular flexibility index (Phi) is 3.10. The van der Waals surface area contributed by atoms with Gasteiger partial charge in [0.15, 0.2) is 0 Å². The highest BCUT2D eigenvalue weighted by Crippen LogP contribution is 2.37. The highest BCUT2D eigenvalue weighted by atomic mass is 16.3. The van der Waals surface area contributed by atoms with Gasteiger partial charge in [-0.3, -0.25) is 5.10 Å². The van der Waals surface area contributed by atoms with Gasteiger partial charge in [0.05, 0.1) is 12.3 Å². The maximum atomic E-state index is 9.41. The summed E-state index contributed by atoms with van der Waals surface area (Å²) in [4.78, 5) is 0. The van der Waals surface area contributed by atoms with E-state index in [2.05, 4.69) is 24.0 Å². The molecule has 1 aromatic rings. The summed E-state index contributed by atoms with van der Waals surface area (Å²) in [5, 5.41) is 16.9. The average Bonchev–Trinajstić information content (AvgIpc) is 2.44. The number of hydrogen-bond donors (Lipinski definition) is 2. The predicted molar refractivity (Wildman–Crippen MR) is 59.6 cm³/mol. The third-order valence-electron chi connectivity index (χ3n) is 3.25. The first kappa shape index (κ1) is 10.7. The lowest BCUT2D eigenvalue weighted by atomic mass is 9.81. The second-order valence-electron chi connectivity index (χ2n) is 4.95. The number of aliphatic hydroxyl groups is 1. The van der Waals surface area contributed by atoms with Crippen molar-refractivity contribution in [2.24, 2.45) is 5.92 Å². The Balaban J connectivity index is 2.20. The summed E-state index contributed by atoms with van der Waals surface area (Å²) < 4.78 is 0. The summed E-state index contributed by atoms with van der Waals surface area (Å²) >= 11 is 0. The van der Waals surface area contributed by atoms with Crippen LogP contribution < -0.4 is 0 Å². The molecule has 0 atom stereocenters. The van der Waals surface area contributed by atoms with Crippen LogP contribution in [0.2, 0.25) is 0 Å². The Labute approximate surface area is 90.9 Å². The molecule has 0 radical (unpaired) electrons. The van der Waals surface area contributed by atoms with Crippen molar-refractivity contribution in [1.82, 2.24) is 10.2 Å². The van der Waals surface area contributed by atoms with Crippen molar-refractivity contribution in [3.8, 4) is 0 Å². The van der Waals surface area contributed by atoms with Gasteiger partial charge in [0.2, 0.25) is 0 Å². The van der Waals surface area contributed by atoms with Gasteiger partial charge in [-0.05, 0) is 25.2 Å². The first-order valence-electron chi connectivity index (χ1n) is 5.89. The molecule has 15 heavy (non-hydrogen) atoms. The van der Waals surface area contributed by atoms with Crippen LogP contribution in [0.25, 0.3) is 0 Å². The maximum Gasteiger partial charge on any atom is 0.0718 e. The van der Waals surface area contributed by atoms with Crippen molar-refractivity contribution < 1.29 is 5.11 Å². The quantitative estimate of drug-likeness (QED) is 0.798. The molecule has 0 amide bonds. The van der Waals surface area contributed by atoms with Crippen LogP contribution in [0, 0.1) is 5.92 Å². The van der Waals surface area contributed by atoms with E-state index >= 15 is 0 Å². The lowest BCUT2D eigenvalue weighted by molar-refractivity contribution is 0.275. The lowest BCUT2D eigenvalue weighted by Gasteiger charge is -2.24. The van der Waals surface area contributed by atoms with Crippen LogP contribution in [0.15, 0.2) is 0 Å². The Morgan fingerprint density at radius 2 is 2.20 bits per heavy atom. The van der Waals surface area contributed by atoms with Gasteiger partial charge >= 0.3 is 0 Å². The maximum absolute atomic E-state index is 9.41. The molecule has 3 heteroatoms. The molecule has 3 nitrogen and oxygen atoms in total. The Morgan fingerprint density at radius 1 is 1.47 bits per heavy atom. The summed E-state index contributed by atoms with van der Waals surface area (Å²) in [6.45, 7) is 4.50. The highest BCUT2D eigenvalue weighted by Gasteiger charge is 2.26. The zero-order valence-electron chi connectivity index (χ0n) is 9.58. The second kappa shape index (κ2) is 4.35. The molecule has 0 aromatic carbocycles. The molecule has 0 bridgehead atoms. The van der Waals surface area contributed by atoms with Gasteiger partial charge in [-0.25, -0.2) is 0 Å². The molecule has 2 N–H and O–H groups in total. The summed E-state index contributed by atoms with van der Waals surface area (Å²) in [6, 6.07) is 0. The van der Waals surface area contributed by atoms with Crippen LogP contribution >= 0.6 is 0 Å². The van der Waals surface area contributed by atoms with Crippen molar-refractivity contribution in [3.05, 3.63) is 17.0 Å². The van der Waals surface area contributed by atoms with Crippen molar-refractivity contribution in [2.45, 2.75) is 52.1 Å². The molecule has 1 heterocycles. The minimum Gasteiger partial charge on any atom is -0.392 e. The number of aromatic nitrogens is 2.